The second-order valence-corrected chi connectivity index (χ2v) is 5.63. The minimum Gasteiger partial charge on any atom is -0.349 e. The van der Waals surface area contributed by atoms with Crippen LogP contribution in [0, 0.1) is 0 Å². The Kier molecular flexibility index (Phi) is 3.76. The molecule has 2 aromatic carbocycles. The number of carbonyl (C=O) groups is 1. The van der Waals surface area contributed by atoms with E-state index >= 15 is 0 Å². The van der Waals surface area contributed by atoms with E-state index in [-0.39, 0.29) is 17.9 Å². The van der Waals surface area contributed by atoms with Crippen LogP contribution < -0.4 is 11.1 Å². The van der Waals surface area contributed by atoms with Gasteiger partial charge in [-0.25, -0.2) is 0 Å². The standard InChI is InChI=1S/C18H20N2O/c1-12(14-8-6-13(11-19)7-9-14)20-18(21)17-10-15-4-2-3-5-16(15)17/h2-9,12,17H,10-11,19H2,1H3,(H,20,21). The highest BCUT2D eigenvalue weighted by atomic mass is 16.2. The van der Waals surface area contributed by atoms with Gasteiger partial charge in [0.2, 0.25) is 5.91 Å². The van der Waals surface area contributed by atoms with Crippen LogP contribution in [0.3, 0.4) is 0 Å². The van der Waals surface area contributed by atoms with Gasteiger partial charge >= 0.3 is 0 Å². The van der Waals surface area contributed by atoms with Gasteiger partial charge in [-0.15, -0.1) is 0 Å². The van der Waals surface area contributed by atoms with Gasteiger partial charge in [0, 0.05) is 6.54 Å². The number of fused-ring (bicyclic) bond motifs is 1. The first-order valence-corrected chi connectivity index (χ1v) is 7.36. The molecule has 1 aliphatic carbocycles. The molecule has 2 atom stereocenters. The van der Waals surface area contributed by atoms with Gasteiger partial charge in [0.25, 0.3) is 0 Å². The van der Waals surface area contributed by atoms with Crippen LogP contribution in [0.25, 0.3) is 0 Å². The Morgan fingerprint density at radius 1 is 1.24 bits per heavy atom. The Morgan fingerprint density at radius 3 is 2.62 bits per heavy atom. The first kappa shape index (κ1) is 13.8. The molecule has 1 aliphatic rings. The van der Waals surface area contributed by atoms with E-state index in [0.717, 1.165) is 17.5 Å². The van der Waals surface area contributed by atoms with Crippen molar-refractivity contribution in [2.24, 2.45) is 5.73 Å². The van der Waals surface area contributed by atoms with Crippen molar-refractivity contribution in [3.8, 4) is 0 Å². The lowest BCUT2D eigenvalue weighted by atomic mass is 9.77. The summed E-state index contributed by atoms with van der Waals surface area (Å²) in [5, 5.41) is 3.11. The maximum absolute atomic E-state index is 12.4. The Morgan fingerprint density at radius 2 is 1.95 bits per heavy atom. The number of hydrogen-bond donors (Lipinski definition) is 2. The Hall–Kier alpha value is -2.13. The molecule has 3 heteroatoms. The minimum atomic E-state index is 0.00645. The number of nitrogens with one attached hydrogen (secondary N) is 1. The van der Waals surface area contributed by atoms with Gasteiger partial charge in [0.05, 0.1) is 12.0 Å². The molecule has 2 unspecified atom stereocenters. The predicted molar refractivity (Wildman–Crippen MR) is 83.8 cm³/mol. The fraction of sp³-hybridized carbons (Fsp3) is 0.278. The van der Waals surface area contributed by atoms with Crippen molar-refractivity contribution >= 4 is 5.91 Å². The van der Waals surface area contributed by atoms with E-state index in [0.29, 0.717) is 6.54 Å². The molecule has 2 aromatic rings. The summed E-state index contributed by atoms with van der Waals surface area (Å²) in [5.74, 6) is 0.121. The Bertz CT molecular complexity index is 649. The lowest BCUT2D eigenvalue weighted by Crippen LogP contribution is -2.36. The van der Waals surface area contributed by atoms with Crippen molar-refractivity contribution in [1.82, 2.24) is 5.32 Å². The van der Waals surface area contributed by atoms with Crippen LogP contribution in [0.2, 0.25) is 0 Å². The topological polar surface area (TPSA) is 55.1 Å². The molecular weight excluding hydrogens is 260 g/mol. The maximum Gasteiger partial charge on any atom is 0.228 e. The highest BCUT2D eigenvalue weighted by Gasteiger charge is 2.32. The highest BCUT2D eigenvalue weighted by Crippen LogP contribution is 2.35. The van der Waals surface area contributed by atoms with E-state index in [1.54, 1.807) is 0 Å². The molecule has 3 N–H and O–H groups in total. The molecule has 0 spiro atoms. The van der Waals surface area contributed by atoms with Crippen LogP contribution in [0.1, 0.15) is 41.1 Å². The van der Waals surface area contributed by atoms with Crippen molar-refractivity contribution in [3.63, 3.8) is 0 Å². The van der Waals surface area contributed by atoms with Crippen LogP contribution in [0.15, 0.2) is 48.5 Å². The van der Waals surface area contributed by atoms with Crippen molar-refractivity contribution < 1.29 is 4.79 Å². The molecule has 0 radical (unpaired) electrons. The van der Waals surface area contributed by atoms with Gasteiger partial charge in [-0.1, -0.05) is 48.5 Å². The SMILES string of the molecule is CC(NC(=O)C1Cc2ccccc21)c1ccc(CN)cc1. The van der Waals surface area contributed by atoms with Gasteiger partial charge in [0.15, 0.2) is 0 Å². The van der Waals surface area contributed by atoms with Gasteiger partial charge in [0.1, 0.15) is 0 Å². The van der Waals surface area contributed by atoms with Gasteiger partial charge in [-0.2, -0.15) is 0 Å². The first-order chi connectivity index (χ1) is 10.2. The van der Waals surface area contributed by atoms with Gasteiger partial charge < -0.3 is 11.1 Å². The highest BCUT2D eigenvalue weighted by molar-refractivity contribution is 5.87. The summed E-state index contributed by atoms with van der Waals surface area (Å²) in [4.78, 5) is 12.4. The minimum absolute atomic E-state index is 0.00645. The third-order valence-electron chi connectivity index (χ3n) is 4.25. The number of benzene rings is 2. The maximum atomic E-state index is 12.4. The van der Waals surface area contributed by atoms with Crippen LogP contribution in [0.5, 0.6) is 0 Å². The van der Waals surface area contributed by atoms with E-state index in [9.17, 15) is 4.79 Å². The van der Waals surface area contributed by atoms with Crippen molar-refractivity contribution in [2.45, 2.75) is 31.8 Å². The number of carbonyl (C=O) groups excluding carboxylic acids is 1. The zero-order chi connectivity index (χ0) is 14.8. The van der Waals surface area contributed by atoms with E-state index in [4.69, 9.17) is 5.73 Å². The zero-order valence-corrected chi connectivity index (χ0v) is 12.2. The largest absolute Gasteiger partial charge is 0.349 e. The third-order valence-corrected chi connectivity index (χ3v) is 4.25. The second-order valence-electron chi connectivity index (χ2n) is 5.63. The molecule has 0 aromatic heterocycles. The first-order valence-electron chi connectivity index (χ1n) is 7.36. The summed E-state index contributed by atoms with van der Waals surface area (Å²) in [6.07, 6.45) is 0.848. The smallest absolute Gasteiger partial charge is 0.228 e. The Labute approximate surface area is 125 Å². The zero-order valence-electron chi connectivity index (χ0n) is 12.2. The normalized spacial score (nSPS) is 17.5. The van der Waals surface area contributed by atoms with Crippen molar-refractivity contribution in [2.75, 3.05) is 0 Å². The molecule has 1 amide bonds. The van der Waals surface area contributed by atoms with E-state index < -0.39 is 0 Å². The molecule has 0 fully saturated rings. The van der Waals surface area contributed by atoms with Crippen LogP contribution in [-0.2, 0) is 17.8 Å². The van der Waals surface area contributed by atoms with Crippen molar-refractivity contribution in [1.29, 1.82) is 0 Å². The number of amides is 1. The molecule has 3 rings (SSSR count). The van der Waals surface area contributed by atoms with Gasteiger partial charge in [-0.3, -0.25) is 4.79 Å². The fourth-order valence-corrected chi connectivity index (χ4v) is 2.83. The third kappa shape index (κ3) is 2.69. The predicted octanol–water partition coefficient (Wildman–Crippen LogP) is 2.66. The van der Waals surface area contributed by atoms with E-state index in [2.05, 4.69) is 11.4 Å². The number of rotatable bonds is 4. The fourth-order valence-electron chi connectivity index (χ4n) is 2.83. The quantitative estimate of drug-likeness (QED) is 0.904. The molecule has 0 heterocycles. The van der Waals surface area contributed by atoms with Crippen LogP contribution in [-0.4, -0.2) is 5.91 Å². The summed E-state index contributed by atoms with van der Waals surface area (Å²) in [7, 11) is 0. The number of nitrogens with two attached hydrogens (primary N) is 1. The lowest BCUT2D eigenvalue weighted by Gasteiger charge is -2.30. The molecule has 21 heavy (non-hydrogen) atoms. The van der Waals surface area contributed by atoms with E-state index in [1.165, 1.54) is 11.1 Å². The number of hydrogen-bond acceptors (Lipinski definition) is 2. The van der Waals surface area contributed by atoms with Gasteiger partial charge in [-0.05, 0) is 35.6 Å². The summed E-state index contributed by atoms with van der Waals surface area (Å²) in [6.45, 7) is 2.56. The molecule has 108 valence electrons. The summed E-state index contributed by atoms with van der Waals surface area (Å²) in [6, 6.07) is 16.2. The van der Waals surface area contributed by atoms with E-state index in [1.807, 2.05) is 49.4 Å². The average molecular weight is 280 g/mol. The Balaban J connectivity index is 1.65. The molecule has 3 nitrogen and oxygen atoms in total. The molecular formula is C18H20N2O. The second kappa shape index (κ2) is 5.70. The van der Waals surface area contributed by atoms with Crippen LogP contribution >= 0.6 is 0 Å². The monoisotopic (exact) mass is 280 g/mol. The lowest BCUT2D eigenvalue weighted by molar-refractivity contribution is -0.123. The van der Waals surface area contributed by atoms with Crippen molar-refractivity contribution in [3.05, 3.63) is 70.8 Å². The molecule has 0 saturated carbocycles. The molecule has 0 saturated heterocycles. The summed E-state index contributed by atoms with van der Waals surface area (Å²) < 4.78 is 0. The average Bonchev–Trinajstić information content (AvgIpc) is 2.48. The van der Waals surface area contributed by atoms with Crippen LogP contribution in [0.4, 0.5) is 0 Å². The summed E-state index contributed by atoms with van der Waals surface area (Å²) in [5.41, 5.74) is 10.3. The molecule has 0 bridgehead atoms. The summed E-state index contributed by atoms with van der Waals surface area (Å²) >= 11 is 0. The molecule has 0 aliphatic heterocycles.